The minimum absolute atomic E-state index is 0. The van der Waals surface area contributed by atoms with Gasteiger partial charge in [-0.05, 0) is 85.6 Å². The maximum absolute atomic E-state index is 11.2. The summed E-state index contributed by atoms with van der Waals surface area (Å²) in [6.45, 7) is 2.90. The van der Waals surface area contributed by atoms with Gasteiger partial charge >= 0.3 is 34.1 Å². The average molecular weight is 969 g/mol. The number of benzene rings is 2. The molecule has 0 aliphatic carbocycles. The molecule has 4 heterocycles. The summed E-state index contributed by atoms with van der Waals surface area (Å²) in [6, 6.07) is 29.4. The standard InChI is InChI=1S/2C10H8N2.2C9H10O3.2ClHO4.2Cu/c2*1-3-7-11-9(5-1)10-6-2-4-8-12-10;2*1-6-2-7(4-10)9(12)8(3-6)5-11;2*2-1(3,4)5;;/h2*1-8H;2*2-4,11-12H,5H2,1H3;2*(H,2,3,4,5);;/q;;;;;;2*+2/p-4. The van der Waals surface area contributed by atoms with Gasteiger partial charge in [0.1, 0.15) is 12.6 Å². The number of nitrogens with zero attached hydrogens (tertiary/aromatic N) is 4. The number of aryl methyl sites for hydroxylation is 2. The Hall–Kier alpha value is -4.80. The first-order chi connectivity index (χ1) is 27.3. The van der Waals surface area contributed by atoms with E-state index in [1.54, 1.807) is 50.8 Å². The molecule has 18 nitrogen and oxygen atoms in total. The SMILES string of the molecule is Cc1cc(C=O)c([O-])c(CO)c1.Cc1cc(C=O)c([O-])c(CO)c1.[Cu+2].[Cu+2].[O-][Cl+3]([O-])([O-])[O-].[O-][Cl+3]([O-])([O-])[O-].c1ccc(-c2ccccn2)nc1.c1ccc(-c2ccccn2)nc1. The van der Waals surface area contributed by atoms with E-state index < -0.39 is 20.5 Å². The molecule has 6 rings (SSSR count). The smallest absolute Gasteiger partial charge is 0.872 e. The Balaban J connectivity index is 0. The van der Waals surface area contributed by atoms with Crippen LogP contribution < -0.4 is 47.5 Å². The van der Waals surface area contributed by atoms with Gasteiger partial charge in [-0.3, -0.25) is 29.5 Å². The molecule has 2 aromatic carbocycles. The van der Waals surface area contributed by atoms with Crippen LogP contribution in [0.5, 0.6) is 11.5 Å². The van der Waals surface area contributed by atoms with Crippen molar-refractivity contribution in [3.63, 3.8) is 0 Å². The molecule has 326 valence electrons. The second-order valence-electron chi connectivity index (χ2n) is 10.9. The van der Waals surface area contributed by atoms with Crippen LogP contribution in [0.25, 0.3) is 22.8 Å². The van der Waals surface area contributed by atoms with Gasteiger partial charge in [0, 0.05) is 35.9 Å². The van der Waals surface area contributed by atoms with E-state index in [-0.39, 0.29) is 81.1 Å². The van der Waals surface area contributed by atoms with E-state index in [4.69, 9.17) is 47.5 Å². The van der Waals surface area contributed by atoms with E-state index in [1.807, 2.05) is 72.8 Å². The van der Waals surface area contributed by atoms with Gasteiger partial charge < -0.3 is 20.4 Å². The summed E-state index contributed by atoms with van der Waals surface area (Å²) >= 11 is 0. The number of pyridine rings is 4. The minimum atomic E-state index is -4.94. The molecule has 4 aromatic heterocycles. The number of aliphatic hydroxyl groups excluding tert-OH is 2. The summed E-state index contributed by atoms with van der Waals surface area (Å²) in [5, 5.41) is 39.9. The fourth-order valence-electron chi connectivity index (χ4n) is 4.22. The molecule has 0 spiro atoms. The summed E-state index contributed by atoms with van der Waals surface area (Å²) in [7, 11) is -9.89. The van der Waals surface area contributed by atoms with E-state index in [9.17, 15) is 19.8 Å². The van der Waals surface area contributed by atoms with Crippen LogP contribution in [-0.4, -0.2) is 42.7 Å². The molecule has 60 heavy (non-hydrogen) atoms. The number of carbonyl (C=O) groups excluding carboxylic acids is 2. The van der Waals surface area contributed by atoms with E-state index in [1.165, 1.54) is 12.1 Å². The van der Waals surface area contributed by atoms with Crippen molar-refractivity contribution in [1.82, 2.24) is 19.9 Å². The van der Waals surface area contributed by atoms with Crippen molar-refractivity contribution in [2.24, 2.45) is 0 Å². The zero-order chi connectivity index (χ0) is 43.7. The molecule has 2 radical (unpaired) electrons. The Kier molecular flexibility index (Phi) is 28.9. The van der Waals surface area contributed by atoms with Crippen molar-refractivity contribution >= 4 is 12.6 Å². The van der Waals surface area contributed by atoms with Crippen molar-refractivity contribution < 1.29 is 122 Å². The van der Waals surface area contributed by atoms with Crippen LogP contribution in [0.1, 0.15) is 43.0 Å². The van der Waals surface area contributed by atoms with Crippen LogP contribution in [0.15, 0.2) is 122 Å². The maximum atomic E-state index is 11.2. The second-order valence-corrected chi connectivity index (χ2v) is 12.4. The molecule has 6 aromatic rings. The Labute approximate surface area is 369 Å². The summed E-state index contributed by atoms with van der Waals surface area (Å²) in [5.74, 6) is -0.754. The number of hydrogen-bond donors (Lipinski definition) is 2. The topological polar surface area (TPSA) is 357 Å². The number of halogens is 2. The number of hydrogen-bond acceptors (Lipinski definition) is 18. The van der Waals surface area contributed by atoms with Crippen molar-refractivity contribution in [3.05, 3.63) is 155 Å². The van der Waals surface area contributed by atoms with Crippen molar-refractivity contribution in [2.75, 3.05) is 0 Å². The average Bonchev–Trinajstić information content (AvgIpc) is 3.20. The van der Waals surface area contributed by atoms with Gasteiger partial charge in [-0.2, -0.15) is 0 Å². The van der Waals surface area contributed by atoms with Gasteiger partial charge in [0.2, 0.25) is 0 Å². The van der Waals surface area contributed by atoms with Gasteiger partial charge in [0.25, 0.3) is 0 Å². The molecule has 0 fully saturated rings. The largest absolute Gasteiger partial charge is 2.00 e. The van der Waals surface area contributed by atoms with Crippen molar-refractivity contribution in [1.29, 1.82) is 0 Å². The van der Waals surface area contributed by atoms with Crippen LogP contribution in [0.3, 0.4) is 0 Å². The van der Waals surface area contributed by atoms with Gasteiger partial charge in [0.15, 0.2) is 0 Å². The predicted octanol–water partition coefficient (Wildman–Crippen LogP) is -4.48. The number of rotatable bonds is 6. The summed E-state index contributed by atoms with van der Waals surface area (Å²) < 4.78 is 67.9. The van der Waals surface area contributed by atoms with E-state index in [0.29, 0.717) is 12.6 Å². The van der Waals surface area contributed by atoms with E-state index >= 15 is 0 Å². The molecule has 0 bridgehead atoms. The Morgan fingerprint density at radius 2 is 0.717 bits per heavy atom. The Bertz CT molecular complexity index is 1850. The van der Waals surface area contributed by atoms with Gasteiger partial charge in [-0.25, -0.2) is 37.3 Å². The number of carbonyl (C=O) groups is 2. The molecule has 0 saturated heterocycles. The Morgan fingerprint density at radius 3 is 0.883 bits per heavy atom. The van der Waals surface area contributed by atoms with Gasteiger partial charge in [-0.15, -0.1) is 20.5 Å². The molecular formula is C38H34Cl2Cu2N4O14. The monoisotopic (exact) mass is 966 g/mol. The summed E-state index contributed by atoms with van der Waals surface area (Å²) in [4.78, 5) is 37.5. The first-order valence-electron chi connectivity index (χ1n) is 15.9. The third kappa shape index (κ3) is 25.6. The van der Waals surface area contributed by atoms with Crippen molar-refractivity contribution in [3.8, 4) is 34.3 Å². The summed E-state index contributed by atoms with van der Waals surface area (Å²) in [5.41, 5.74) is 6.04. The van der Waals surface area contributed by atoms with Crippen LogP contribution in [0.4, 0.5) is 0 Å². The van der Waals surface area contributed by atoms with E-state index in [2.05, 4.69) is 19.9 Å². The fourth-order valence-corrected chi connectivity index (χ4v) is 4.22. The first-order valence-corrected chi connectivity index (χ1v) is 18.4. The van der Waals surface area contributed by atoms with Crippen LogP contribution in [0.2, 0.25) is 0 Å². The molecule has 0 unspecified atom stereocenters. The van der Waals surface area contributed by atoms with Crippen molar-refractivity contribution in [2.45, 2.75) is 27.1 Å². The molecule has 0 aliphatic rings. The fraction of sp³-hybridized carbons (Fsp3) is 0.105. The van der Waals surface area contributed by atoms with Crippen LogP contribution in [0, 0.1) is 34.3 Å². The van der Waals surface area contributed by atoms with Crippen LogP contribution >= 0.6 is 0 Å². The molecule has 0 aliphatic heterocycles. The number of aldehydes is 2. The molecule has 0 amide bonds. The molecule has 0 saturated carbocycles. The normalized spacial score (nSPS) is 9.80. The van der Waals surface area contributed by atoms with Crippen LogP contribution in [-0.2, 0) is 47.4 Å². The number of aliphatic hydroxyl groups is 2. The van der Waals surface area contributed by atoms with Gasteiger partial charge in [-0.1, -0.05) is 59.0 Å². The zero-order valence-corrected chi connectivity index (χ0v) is 34.5. The predicted molar refractivity (Wildman–Crippen MR) is 179 cm³/mol. The maximum Gasteiger partial charge on any atom is 2.00 e. The minimum Gasteiger partial charge on any atom is -0.872 e. The zero-order valence-electron chi connectivity index (χ0n) is 31.1. The first kappa shape index (κ1) is 57.3. The molecule has 0 atom stereocenters. The number of aromatic nitrogens is 4. The quantitative estimate of drug-likeness (QED) is 0.117. The molecule has 2 N–H and O–H groups in total. The summed E-state index contributed by atoms with van der Waals surface area (Å²) in [6.07, 6.45) is 8.09. The Morgan fingerprint density at radius 1 is 0.483 bits per heavy atom. The van der Waals surface area contributed by atoms with E-state index in [0.717, 1.165) is 33.9 Å². The molecular weight excluding hydrogens is 934 g/mol. The second kappa shape index (κ2) is 30.3. The molecule has 22 heteroatoms. The third-order valence-corrected chi connectivity index (χ3v) is 6.46. The third-order valence-electron chi connectivity index (χ3n) is 6.46. The van der Waals surface area contributed by atoms with Gasteiger partial charge in [0.05, 0.1) is 36.0 Å².